The molecule has 4 rings (SSSR count). The molecule has 3 heterocycles. The fourth-order valence-electron chi connectivity index (χ4n) is 2.87. The lowest BCUT2D eigenvalue weighted by molar-refractivity contribution is 0.429. The average molecular weight is 410 g/mol. The summed E-state index contributed by atoms with van der Waals surface area (Å²) in [5.41, 5.74) is 8.42. The number of pyridine rings is 2. The summed E-state index contributed by atoms with van der Waals surface area (Å²) in [4.78, 5) is 8.60. The molecule has 0 saturated carbocycles. The average Bonchev–Trinajstić information content (AvgIpc) is 3.09. The fraction of sp³-hybridized carbons (Fsp3) is 0.0952. The molecule has 0 unspecified atom stereocenters. The summed E-state index contributed by atoms with van der Waals surface area (Å²) >= 11 is 6.07. The Balaban J connectivity index is 1.75. The van der Waals surface area contributed by atoms with Crippen LogP contribution in [0.2, 0.25) is 5.02 Å². The van der Waals surface area contributed by atoms with Crippen molar-refractivity contribution in [2.45, 2.75) is 6.54 Å². The Kier molecular flexibility index (Phi) is 5.24. The first-order chi connectivity index (χ1) is 14.0. The number of benzene rings is 1. The SMILES string of the molecule is Cn1nc(-c2ccccn2)cc1Oc1cc(Cl)cc(F)c1-c1ccc(CN)cn1. The Bertz CT molecular complexity index is 1150. The van der Waals surface area contributed by atoms with Crippen LogP contribution < -0.4 is 10.5 Å². The number of nitrogens with two attached hydrogens (primary N) is 1. The van der Waals surface area contributed by atoms with Crippen LogP contribution in [0.15, 0.2) is 60.9 Å². The summed E-state index contributed by atoms with van der Waals surface area (Å²) in [6.07, 6.45) is 3.29. The van der Waals surface area contributed by atoms with Crippen molar-refractivity contribution >= 4 is 11.6 Å². The lowest BCUT2D eigenvalue weighted by Gasteiger charge is -2.12. The van der Waals surface area contributed by atoms with E-state index in [9.17, 15) is 4.39 Å². The third-order valence-electron chi connectivity index (χ3n) is 4.31. The largest absolute Gasteiger partial charge is 0.438 e. The first-order valence-electron chi connectivity index (χ1n) is 8.83. The highest BCUT2D eigenvalue weighted by molar-refractivity contribution is 6.30. The van der Waals surface area contributed by atoms with Crippen molar-refractivity contribution in [3.63, 3.8) is 0 Å². The third kappa shape index (κ3) is 3.96. The smallest absolute Gasteiger partial charge is 0.218 e. The summed E-state index contributed by atoms with van der Waals surface area (Å²) in [6, 6.07) is 13.5. The van der Waals surface area contributed by atoms with Gasteiger partial charge in [-0.3, -0.25) is 9.97 Å². The quantitative estimate of drug-likeness (QED) is 0.521. The third-order valence-corrected chi connectivity index (χ3v) is 4.53. The van der Waals surface area contributed by atoms with Crippen molar-refractivity contribution in [1.29, 1.82) is 0 Å². The number of nitrogens with zero attached hydrogens (tertiary/aromatic N) is 4. The molecule has 0 radical (unpaired) electrons. The second kappa shape index (κ2) is 7.98. The number of halogens is 2. The zero-order chi connectivity index (χ0) is 20.4. The van der Waals surface area contributed by atoms with E-state index in [2.05, 4.69) is 15.1 Å². The van der Waals surface area contributed by atoms with E-state index in [0.29, 0.717) is 29.5 Å². The molecule has 0 amide bonds. The van der Waals surface area contributed by atoms with Crippen LogP contribution in [0.4, 0.5) is 4.39 Å². The van der Waals surface area contributed by atoms with Crippen LogP contribution in [0.25, 0.3) is 22.6 Å². The summed E-state index contributed by atoms with van der Waals surface area (Å²) in [5.74, 6) is 0.110. The van der Waals surface area contributed by atoms with E-state index in [1.807, 2.05) is 18.2 Å². The Hall–Kier alpha value is -3.29. The van der Waals surface area contributed by atoms with Crippen molar-refractivity contribution in [3.8, 4) is 34.3 Å². The van der Waals surface area contributed by atoms with Gasteiger partial charge in [-0.2, -0.15) is 5.10 Å². The van der Waals surface area contributed by atoms with Gasteiger partial charge in [-0.1, -0.05) is 23.7 Å². The number of hydrogen-bond donors (Lipinski definition) is 1. The van der Waals surface area contributed by atoms with Gasteiger partial charge in [-0.15, -0.1) is 0 Å². The van der Waals surface area contributed by atoms with Crippen LogP contribution in [0.1, 0.15) is 5.56 Å². The van der Waals surface area contributed by atoms with Gasteiger partial charge < -0.3 is 10.5 Å². The lowest BCUT2D eigenvalue weighted by Crippen LogP contribution is -2.00. The molecular formula is C21H17ClFN5O. The molecule has 0 atom stereocenters. The van der Waals surface area contributed by atoms with Crippen LogP contribution in [0.3, 0.4) is 0 Å². The van der Waals surface area contributed by atoms with E-state index in [-0.39, 0.29) is 16.3 Å². The Morgan fingerprint density at radius 3 is 2.62 bits per heavy atom. The maximum atomic E-state index is 14.8. The molecule has 0 aliphatic heterocycles. The summed E-state index contributed by atoms with van der Waals surface area (Å²) in [5, 5.41) is 4.63. The van der Waals surface area contributed by atoms with E-state index in [1.54, 1.807) is 48.4 Å². The molecule has 0 aliphatic carbocycles. The highest BCUT2D eigenvalue weighted by atomic mass is 35.5. The van der Waals surface area contributed by atoms with Crippen molar-refractivity contribution in [2.75, 3.05) is 0 Å². The van der Waals surface area contributed by atoms with E-state index < -0.39 is 5.82 Å². The molecule has 4 aromatic rings. The summed E-state index contributed by atoms with van der Waals surface area (Å²) in [7, 11) is 1.73. The second-order valence-corrected chi connectivity index (χ2v) is 6.76. The molecule has 1 aromatic carbocycles. The van der Waals surface area contributed by atoms with Crippen molar-refractivity contribution in [2.24, 2.45) is 12.8 Å². The summed E-state index contributed by atoms with van der Waals surface area (Å²) < 4.78 is 22.3. The molecular weight excluding hydrogens is 393 g/mol. The summed E-state index contributed by atoms with van der Waals surface area (Å²) in [6.45, 7) is 0.352. The maximum Gasteiger partial charge on any atom is 0.218 e. The molecule has 146 valence electrons. The first kappa shape index (κ1) is 19.0. The zero-order valence-electron chi connectivity index (χ0n) is 15.5. The van der Waals surface area contributed by atoms with E-state index in [0.717, 1.165) is 5.56 Å². The minimum Gasteiger partial charge on any atom is -0.438 e. The minimum absolute atomic E-state index is 0.207. The minimum atomic E-state index is -0.535. The second-order valence-electron chi connectivity index (χ2n) is 6.33. The van der Waals surface area contributed by atoms with Crippen LogP contribution in [-0.2, 0) is 13.6 Å². The topological polar surface area (TPSA) is 78.8 Å². The molecule has 0 fully saturated rings. The molecule has 0 saturated heterocycles. The van der Waals surface area contributed by atoms with Crippen molar-refractivity contribution < 1.29 is 9.13 Å². The molecule has 0 bridgehead atoms. The zero-order valence-corrected chi connectivity index (χ0v) is 16.3. The van der Waals surface area contributed by atoms with Crippen molar-refractivity contribution in [3.05, 3.63) is 77.3 Å². The van der Waals surface area contributed by atoms with Gasteiger partial charge in [-0.05, 0) is 29.8 Å². The van der Waals surface area contributed by atoms with E-state index in [1.165, 1.54) is 6.07 Å². The highest BCUT2D eigenvalue weighted by Crippen LogP contribution is 2.37. The predicted molar refractivity (Wildman–Crippen MR) is 109 cm³/mol. The van der Waals surface area contributed by atoms with Gasteiger partial charge in [0.2, 0.25) is 5.88 Å². The van der Waals surface area contributed by atoms with Crippen LogP contribution in [0.5, 0.6) is 11.6 Å². The standard InChI is InChI=1S/C21H17ClFN5O/c1-28-20(10-18(27-28)16-4-2-3-7-25-16)29-19-9-14(22)8-15(23)21(19)17-6-5-13(11-24)12-26-17/h2-10,12H,11,24H2,1H3. The molecule has 3 aromatic heterocycles. The highest BCUT2D eigenvalue weighted by Gasteiger charge is 2.18. The normalized spacial score (nSPS) is 10.9. The van der Waals surface area contributed by atoms with E-state index in [4.69, 9.17) is 22.1 Å². The lowest BCUT2D eigenvalue weighted by atomic mass is 10.1. The molecule has 6 nitrogen and oxygen atoms in total. The van der Waals surface area contributed by atoms with Crippen LogP contribution in [0, 0.1) is 5.82 Å². The van der Waals surface area contributed by atoms with E-state index >= 15 is 0 Å². The van der Waals surface area contributed by atoms with Gasteiger partial charge in [0.05, 0.1) is 17.0 Å². The van der Waals surface area contributed by atoms with Crippen molar-refractivity contribution in [1.82, 2.24) is 19.7 Å². The van der Waals surface area contributed by atoms with Crippen LogP contribution in [-0.4, -0.2) is 19.7 Å². The number of hydrogen-bond acceptors (Lipinski definition) is 5. The van der Waals surface area contributed by atoms with Crippen LogP contribution >= 0.6 is 11.6 Å². The van der Waals surface area contributed by atoms with Gasteiger partial charge in [0.25, 0.3) is 0 Å². The predicted octanol–water partition coefficient (Wildman–Crippen LogP) is 4.59. The van der Waals surface area contributed by atoms with Gasteiger partial charge in [0.1, 0.15) is 17.3 Å². The Labute approximate surface area is 171 Å². The molecule has 8 heteroatoms. The fourth-order valence-corrected chi connectivity index (χ4v) is 3.06. The number of aryl methyl sites for hydroxylation is 1. The number of ether oxygens (including phenoxy) is 1. The molecule has 0 spiro atoms. The van der Waals surface area contributed by atoms with Gasteiger partial charge in [-0.25, -0.2) is 9.07 Å². The first-order valence-corrected chi connectivity index (χ1v) is 9.20. The number of rotatable bonds is 5. The molecule has 2 N–H and O–H groups in total. The molecule has 29 heavy (non-hydrogen) atoms. The van der Waals surface area contributed by atoms with Gasteiger partial charge in [0.15, 0.2) is 0 Å². The Morgan fingerprint density at radius 1 is 1.07 bits per heavy atom. The molecule has 0 aliphatic rings. The monoisotopic (exact) mass is 409 g/mol. The van der Waals surface area contributed by atoms with Gasteiger partial charge in [0, 0.05) is 43.1 Å². The van der Waals surface area contributed by atoms with Gasteiger partial charge >= 0.3 is 0 Å². The Morgan fingerprint density at radius 2 is 1.93 bits per heavy atom. The number of aromatic nitrogens is 4. The maximum absolute atomic E-state index is 14.8.